The molecule has 0 unspecified atom stereocenters. The van der Waals surface area contributed by atoms with E-state index in [2.05, 4.69) is 36.5 Å². The highest BCUT2D eigenvalue weighted by Crippen LogP contribution is 2.33. The maximum absolute atomic E-state index is 8.46. The van der Waals surface area contributed by atoms with Crippen molar-refractivity contribution in [1.82, 2.24) is 0 Å². The van der Waals surface area contributed by atoms with Crippen molar-refractivity contribution in [1.29, 1.82) is 0 Å². The van der Waals surface area contributed by atoms with Crippen molar-refractivity contribution in [3.8, 4) is 0 Å². The first-order chi connectivity index (χ1) is 6.69. The van der Waals surface area contributed by atoms with Crippen LogP contribution in [0.2, 0.25) is 0 Å². The summed E-state index contributed by atoms with van der Waals surface area (Å²) in [5.74, 6) is 0.907. The van der Waals surface area contributed by atoms with E-state index in [1.54, 1.807) is 0 Å². The molecule has 0 spiro atoms. The Labute approximate surface area is 85.1 Å². The lowest BCUT2D eigenvalue weighted by atomic mass is 9.77. The molecule has 0 heterocycles. The molecule has 3 heteroatoms. The van der Waals surface area contributed by atoms with Crippen LogP contribution in [0.4, 0.5) is 0 Å². The van der Waals surface area contributed by atoms with E-state index in [1.165, 1.54) is 5.57 Å². The maximum Gasteiger partial charge on any atom is 0.0442 e. The zero-order valence-corrected chi connectivity index (χ0v) is 8.85. The number of nitrogens with zero attached hydrogens (tertiary/aromatic N) is 3. The van der Waals surface area contributed by atoms with Gasteiger partial charge in [0.15, 0.2) is 0 Å². The molecule has 0 aliphatic heterocycles. The summed E-state index contributed by atoms with van der Waals surface area (Å²) in [5.41, 5.74) is 9.78. The van der Waals surface area contributed by atoms with Gasteiger partial charge in [-0.2, -0.15) is 0 Å². The summed E-state index contributed by atoms with van der Waals surface area (Å²) >= 11 is 0. The molecule has 1 aliphatic carbocycles. The SMILES string of the molecule is C=CC[C@H]1C=C(C)C[C@H](N=[N+]=[N-])[C@H]1C. The first-order valence-electron chi connectivity index (χ1n) is 5.01. The van der Waals surface area contributed by atoms with Gasteiger partial charge in [-0.05, 0) is 37.1 Å². The molecule has 0 saturated carbocycles. The summed E-state index contributed by atoms with van der Waals surface area (Å²) in [4.78, 5) is 2.91. The molecule has 0 bridgehead atoms. The van der Waals surface area contributed by atoms with Crippen LogP contribution < -0.4 is 0 Å². The Morgan fingerprint density at radius 2 is 2.50 bits per heavy atom. The summed E-state index contributed by atoms with van der Waals surface area (Å²) in [5, 5.41) is 3.85. The maximum atomic E-state index is 8.46. The molecule has 1 aliphatic rings. The number of rotatable bonds is 3. The van der Waals surface area contributed by atoms with E-state index in [9.17, 15) is 0 Å². The van der Waals surface area contributed by atoms with E-state index in [0.29, 0.717) is 11.8 Å². The van der Waals surface area contributed by atoms with E-state index in [0.717, 1.165) is 12.8 Å². The van der Waals surface area contributed by atoms with Gasteiger partial charge in [0.25, 0.3) is 0 Å². The fraction of sp³-hybridized carbons (Fsp3) is 0.636. The normalized spacial score (nSPS) is 31.6. The van der Waals surface area contributed by atoms with Gasteiger partial charge >= 0.3 is 0 Å². The highest BCUT2D eigenvalue weighted by atomic mass is 15.1. The molecule has 14 heavy (non-hydrogen) atoms. The summed E-state index contributed by atoms with van der Waals surface area (Å²) in [6.07, 6.45) is 6.09. The monoisotopic (exact) mass is 191 g/mol. The van der Waals surface area contributed by atoms with Crippen molar-refractivity contribution in [2.24, 2.45) is 17.0 Å². The molecule has 0 aromatic heterocycles. The third-order valence-corrected chi connectivity index (χ3v) is 2.95. The van der Waals surface area contributed by atoms with Crippen LogP contribution in [-0.4, -0.2) is 6.04 Å². The zero-order chi connectivity index (χ0) is 10.6. The molecule has 0 aromatic carbocycles. The molecule has 3 atom stereocenters. The third-order valence-electron chi connectivity index (χ3n) is 2.95. The van der Waals surface area contributed by atoms with Crippen LogP contribution in [0.15, 0.2) is 29.4 Å². The van der Waals surface area contributed by atoms with E-state index >= 15 is 0 Å². The van der Waals surface area contributed by atoms with Gasteiger partial charge in [0.1, 0.15) is 0 Å². The standard InChI is InChI=1S/C11H17N3/c1-4-5-10-6-8(2)7-11(9(10)3)13-14-12/h4,6,9-11H,1,5,7H2,2-3H3/t9-,10-,11-/m0/s1. The Morgan fingerprint density at radius 3 is 3.07 bits per heavy atom. The molecule has 0 amide bonds. The lowest BCUT2D eigenvalue weighted by Crippen LogP contribution is -2.26. The Bertz CT molecular complexity index is 287. The van der Waals surface area contributed by atoms with Crippen LogP contribution in [0.25, 0.3) is 10.4 Å². The van der Waals surface area contributed by atoms with Crippen LogP contribution >= 0.6 is 0 Å². The molecule has 1 rings (SSSR count). The van der Waals surface area contributed by atoms with Crippen molar-refractivity contribution < 1.29 is 0 Å². The van der Waals surface area contributed by atoms with Gasteiger partial charge < -0.3 is 0 Å². The highest BCUT2D eigenvalue weighted by Gasteiger charge is 2.26. The Morgan fingerprint density at radius 1 is 1.79 bits per heavy atom. The summed E-state index contributed by atoms with van der Waals surface area (Å²) in [6, 6.07) is 0.120. The fourth-order valence-corrected chi connectivity index (χ4v) is 2.07. The predicted molar refractivity (Wildman–Crippen MR) is 58.8 cm³/mol. The highest BCUT2D eigenvalue weighted by molar-refractivity contribution is 5.12. The number of azide groups is 1. The molecule has 0 radical (unpaired) electrons. The van der Waals surface area contributed by atoms with Gasteiger partial charge in [0.2, 0.25) is 0 Å². The van der Waals surface area contributed by atoms with Crippen molar-refractivity contribution in [2.45, 2.75) is 32.7 Å². The number of hydrogen-bond acceptors (Lipinski definition) is 1. The van der Waals surface area contributed by atoms with Crippen molar-refractivity contribution >= 4 is 0 Å². The molecular weight excluding hydrogens is 174 g/mol. The van der Waals surface area contributed by atoms with E-state index in [4.69, 9.17) is 5.53 Å². The fourth-order valence-electron chi connectivity index (χ4n) is 2.07. The quantitative estimate of drug-likeness (QED) is 0.281. The molecule has 3 nitrogen and oxygen atoms in total. The van der Waals surface area contributed by atoms with Crippen LogP contribution in [-0.2, 0) is 0 Å². The average Bonchev–Trinajstić information content (AvgIpc) is 2.14. The second-order valence-electron chi connectivity index (χ2n) is 4.04. The van der Waals surface area contributed by atoms with Gasteiger partial charge in [-0.15, -0.1) is 6.58 Å². The Hall–Kier alpha value is -1.21. The third kappa shape index (κ3) is 2.39. The molecular formula is C11H17N3. The lowest BCUT2D eigenvalue weighted by Gasteiger charge is -2.31. The Kier molecular flexibility index (Phi) is 3.78. The first kappa shape index (κ1) is 10.9. The average molecular weight is 191 g/mol. The van der Waals surface area contributed by atoms with Crippen LogP contribution in [0.1, 0.15) is 26.7 Å². The molecule has 76 valence electrons. The van der Waals surface area contributed by atoms with Crippen molar-refractivity contribution in [2.75, 3.05) is 0 Å². The minimum absolute atomic E-state index is 0.120. The smallest absolute Gasteiger partial charge is 0.0442 e. The molecule has 0 fully saturated rings. The summed E-state index contributed by atoms with van der Waals surface area (Å²) < 4.78 is 0. The van der Waals surface area contributed by atoms with Crippen LogP contribution in [0, 0.1) is 11.8 Å². The Balaban J connectivity index is 2.82. The van der Waals surface area contributed by atoms with E-state index in [1.807, 2.05) is 6.08 Å². The number of hydrogen-bond donors (Lipinski definition) is 0. The summed E-state index contributed by atoms with van der Waals surface area (Å²) in [6.45, 7) is 8.00. The van der Waals surface area contributed by atoms with Crippen molar-refractivity contribution in [3.05, 3.63) is 34.7 Å². The first-order valence-corrected chi connectivity index (χ1v) is 5.01. The van der Waals surface area contributed by atoms with Crippen LogP contribution in [0.5, 0.6) is 0 Å². The second-order valence-corrected chi connectivity index (χ2v) is 4.04. The topological polar surface area (TPSA) is 48.8 Å². The second kappa shape index (κ2) is 4.87. The lowest BCUT2D eigenvalue weighted by molar-refractivity contribution is 0.333. The van der Waals surface area contributed by atoms with Gasteiger partial charge in [-0.25, -0.2) is 0 Å². The van der Waals surface area contributed by atoms with Gasteiger partial charge in [-0.3, -0.25) is 0 Å². The number of allylic oxidation sites excluding steroid dienone is 2. The van der Waals surface area contributed by atoms with Gasteiger partial charge in [0, 0.05) is 11.0 Å². The molecule has 0 aromatic rings. The minimum Gasteiger partial charge on any atom is -0.103 e. The molecule has 0 saturated heterocycles. The van der Waals surface area contributed by atoms with E-state index in [-0.39, 0.29) is 6.04 Å². The van der Waals surface area contributed by atoms with Crippen LogP contribution in [0.3, 0.4) is 0 Å². The van der Waals surface area contributed by atoms with E-state index < -0.39 is 0 Å². The van der Waals surface area contributed by atoms with Gasteiger partial charge in [-0.1, -0.05) is 29.8 Å². The summed E-state index contributed by atoms with van der Waals surface area (Å²) in [7, 11) is 0. The molecule has 0 N–H and O–H groups in total. The zero-order valence-electron chi connectivity index (χ0n) is 8.85. The minimum atomic E-state index is 0.120. The predicted octanol–water partition coefficient (Wildman–Crippen LogP) is 3.84. The van der Waals surface area contributed by atoms with Crippen molar-refractivity contribution in [3.63, 3.8) is 0 Å². The largest absolute Gasteiger partial charge is 0.103 e. The van der Waals surface area contributed by atoms with Gasteiger partial charge in [0.05, 0.1) is 0 Å².